The van der Waals surface area contributed by atoms with Gasteiger partial charge in [0.2, 0.25) is 5.78 Å². The highest BCUT2D eigenvalue weighted by Crippen LogP contribution is 2.34. The van der Waals surface area contributed by atoms with Crippen molar-refractivity contribution in [3.63, 3.8) is 0 Å². The zero-order valence-corrected chi connectivity index (χ0v) is 18.5. The van der Waals surface area contributed by atoms with Gasteiger partial charge in [-0.25, -0.2) is 14.7 Å². The van der Waals surface area contributed by atoms with Gasteiger partial charge in [-0.1, -0.05) is 30.3 Å². The number of aromatic nitrogens is 2. The van der Waals surface area contributed by atoms with Crippen LogP contribution >= 0.6 is 0 Å². The van der Waals surface area contributed by atoms with Gasteiger partial charge in [0, 0.05) is 29.5 Å². The van der Waals surface area contributed by atoms with Crippen LogP contribution < -0.4 is 9.96 Å². The third-order valence-corrected chi connectivity index (χ3v) is 5.52. The molecule has 1 unspecified atom stereocenters. The maximum atomic E-state index is 13.1. The van der Waals surface area contributed by atoms with Gasteiger partial charge in [-0.15, -0.1) is 0 Å². The second-order valence-corrected chi connectivity index (χ2v) is 7.74. The summed E-state index contributed by atoms with van der Waals surface area (Å²) in [5.41, 5.74) is 3.01. The van der Waals surface area contributed by atoms with E-state index in [0.29, 0.717) is 22.6 Å². The third kappa shape index (κ3) is 4.22. The van der Waals surface area contributed by atoms with Gasteiger partial charge < -0.3 is 14.7 Å². The molecular formula is C26H19N3O6. The Labute approximate surface area is 199 Å². The van der Waals surface area contributed by atoms with E-state index in [9.17, 15) is 20.0 Å². The molecule has 5 rings (SSSR count). The van der Waals surface area contributed by atoms with Crippen molar-refractivity contribution in [2.75, 3.05) is 7.11 Å². The first-order chi connectivity index (χ1) is 16.9. The number of allylic oxidation sites excluding steroid dienone is 1. The minimum atomic E-state index is -1.06. The fourth-order valence-electron chi connectivity index (χ4n) is 3.80. The van der Waals surface area contributed by atoms with E-state index in [2.05, 4.69) is 5.10 Å². The lowest BCUT2D eigenvalue weighted by molar-refractivity contribution is -0.991. The number of quaternary nitrogens is 1. The molecule has 1 aliphatic heterocycles. The summed E-state index contributed by atoms with van der Waals surface area (Å²) in [5, 5.41) is 24.5. The van der Waals surface area contributed by atoms with Gasteiger partial charge in [-0.3, -0.25) is 4.79 Å². The second-order valence-electron chi connectivity index (χ2n) is 7.74. The molecule has 0 saturated carbocycles. The van der Waals surface area contributed by atoms with Gasteiger partial charge in [-0.2, -0.15) is 10.3 Å². The maximum Gasteiger partial charge on any atom is 0.337 e. The Morgan fingerprint density at radius 1 is 1.11 bits per heavy atom. The van der Waals surface area contributed by atoms with Crippen LogP contribution in [0.3, 0.4) is 0 Å². The number of hydrogen-bond acceptors (Lipinski definition) is 7. The number of carbonyl (C=O) groups is 2. The molecule has 9 heteroatoms. The van der Waals surface area contributed by atoms with Gasteiger partial charge in [-0.05, 0) is 36.4 Å². The molecule has 0 bridgehead atoms. The minimum Gasteiger partial charge on any atom is -0.595 e. The van der Waals surface area contributed by atoms with Crippen molar-refractivity contribution in [3.05, 3.63) is 107 Å². The molecule has 2 N–H and O–H groups in total. The van der Waals surface area contributed by atoms with Gasteiger partial charge in [0.25, 0.3) is 0 Å². The molecule has 1 atom stereocenters. The smallest absolute Gasteiger partial charge is 0.337 e. The van der Waals surface area contributed by atoms with E-state index in [-0.39, 0.29) is 28.4 Å². The maximum absolute atomic E-state index is 13.1. The highest BCUT2D eigenvalue weighted by atomic mass is 16.8. The molecular weight excluding hydrogens is 450 g/mol. The molecule has 35 heavy (non-hydrogen) atoms. The number of esters is 1. The van der Waals surface area contributed by atoms with Gasteiger partial charge >= 0.3 is 5.97 Å². The van der Waals surface area contributed by atoms with Gasteiger partial charge in [0.15, 0.2) is 11.4 Å². The van der Waals surface area contributed by atoms with E-state index in [1.165, 1.54) is 31.4 Å². The summed E-state index contributed by atoms with van der Waals surface area (Å²) in [6.45, 7) is 0. The van der Waals surface area contributed by atoms with Crippen molar-refractivity contribution < 1.29 is 29.5 Å². The lowest BCUT2D eigenvalue weighted by atomic mass is 10.0. The molecule has 0 radical (unpaired) electrons. The number of methoxy groups -OCH3 is 1. The highest BCUT2D eigenvalue weighted by molar-refractivity contribution is 6.15. The minimum absolute atomic E-state index is 0.0604. The number of hydrogen-bond donors (Lipinski definition) is 2. The molecule has 1 aromatic heterocycles. The number of Topliss-reactive ketones (excluding diaryl/α,β-unsaturated/α-hetero) is 1. The van der Waals surface area contributed by atoms with E-state index in [4.69, 9.17) is 9.47 Å². The predicted molar refractivity (Wildman–Crippen MR) is 125 cm³/mol. The van der Waals surface area contributed by atoms with Crippen molar-refractivity contribution >= 4 is 23.5 Å². The largest absolute Gasteiger partial charge is 0.595 e. The van der Waals surface area contributed by atoms with E-state index >= 15 is 0 Å². The summed E-state index contributed by atoms with van der Waals surface area (Å²) in [5.74, 6) is -0.546. The molecule has 4 aromatic rings. The second kappa shape index (κ2) is 8.99. The molecule has 174 valence electrons. The molecule has 0 saturated heterocycles. The Kier molecular flexibility index (Phi) is 5.71. The Balaban J connectivity index is 1.60. The Bertz CT molecular complexity index is 1470. The fraction of sp³-hybridized carbons (Fsp3) is 0.0385. The number of carbonyl (C=O) groups excluding carboxylic acids is 2. The number of fused-ring (bicyclic) bond motifs is 1. The lowest BCUT2D eigenvalue weighted by Crippen LogP contribution is -2.99. The van der Waals surface area contributed by atoms with Crippen LogP contribution in [0.25, 0.3) is 23.0 Å². The number of ketones is 1. The van der Waals surface area contributed by atoms with Gasteiger partial charge in [0.05, 0.1) is 23.9 Å². The summed E-state index contributed by atoms with van der Waals surface area (Å²) in [6.07, 6.45) is 3.31. The van der Waals surface area contributed by atoms with Crippen LogP contribution in [0.4, 0.5) is 5.69 Å². The average Bonchev–Trinajstić information content (AvgIpc) is 3.45. The first-order valence-electron chi connectivity index (χ1n) is 10.6. The van der Waals surface area contributed by atoms with Gasteiger partial charge in [0.1, 0.15) is 11.4 Å². The van der Waals surface area contributed by atoms with Crippen LogP contribution in [-0.2, 0) is 4.74 Å². The van der Waals surface area contributed by atoms with Crippen LogP contribution in [0.15, 0.2) is 84.8 Å². The summed E-state index contributed by atoms with van der Waals surface area (Å²) < 4.78 is 12.2. The molecule has 0 spiro atoms. The average molecular weight is 469 g/mol. The van der Waals surface area contributed by atoms with E-state index in [1.807, 2.05) is 30.3 Å². The number of benzene rings is 3. The van der Waals surface area contributed by atoms with Crippen LogP contribution in [-0.4, -0.2) is 33.9 Å². The summed E-state index contributed by atoms with van der Waals surface area (Å²) in [6, 6.07) is 20.3. The predicted octanol–water partition coefficient (Wildman–Crippen LogP) is 3.35. The number of ether oxygens (including phenoxy) is 2. The zero-order chi connectivity index (χ0) is 24.5. The topological polar surface area (TPSA) is 118 Å². The summed E-state index contributed by atoms with van der Waals surface area (Å²) in [4.78, 5) is 24.9. The number of rotatable bonds is 5. The van der Waals surface area contributed by atoms with Crippen molar-refractivity contribution in [2.24, 2.45) is 0 Å². The van der Waals surface area contributed by atoms with Crippen LogP contribution in [0.5, 0.6) is 5.75 Å². The lowest BCUT2D eigenvalue weighted by Gasteiger charge is -2.12. The third-order valence-electron chi connectivity index (χ3n) is 5.52. The first-order valence-corrected chi connectivity index (χ1v) is 10.6. The number of nitrogens with one attached hydrogen (secondary N) is 1. The van der Waals surface area contributed by atoms with E-state index in [0.717, 1.165) is 5.69 Å². The first kappa shape index (κ1) is 22.2. The molecule has 3 aromatic carbocycles. The molecule has 0 amide bonds. The normalized spacial score (nSPS) is 14.5. The molecule has 0 aliphatic carbocycles. The van der Waals surface area contributed by atoms with Crippen molar-refractivity contribution in [1.82, 2.24) is 9.78 Å². The van der Waals surface area contributed by atoms with Crippen LogP contribution in [0.1, 0.15) is 26.3 Å². The molecule has 1 aliphatic rings. The van der Waals surface area contributed by atoms with Crippen LogP contribution in [0.2, 0.25) is 0 Å². The Morgan fingerprint density at radius 2 is 1.91 bits per heavy atom. The monoisotopic (exact) mass is 469 g/mol. The SMILES string of the molecule is COC(=O)c1ccc2c(c1)C(=O)/C(=C/c1cn(-c3ccccc3)nc1-c1cccc([NH+]([O-])O)c1)O2. The molecule has 0 fully saturated rings. The highest BCUT2D eigenvalue weighted by Gasteiger charge is 2.29. The van der Waals surface area contributed by atoms with Crippen molar-refractivity contribution in [2.45, 2.75) is 0 Å². The van der Waals surface area contributed by atoms with E-state index in [1.54, 1.807) is 35.2 Å². The fourth-order valence-corrected chi connectivity index (χ4v) is 3.80. The Hall–Kier alpha value is -4.57. The quantitative estimate of drug-likeness (QED) is 0.261. The zero-order valence-electron chi connectivity index (χ0n) is 18.5. The van der Waals surface area contributed by atoms with E-state index < -0.39 is 11.2 Å². The van der Waals surface area contributed by atoms with Crippen molar-refractivity contribution in [1.29, 1.82) is 0 Å². The van der Waals surface area contributed by atoms with Crippen LogP contribution in [0, 0.1) is 5.21 Å². The molecule has 2 heterocycles. The number of nitrogens with zero attached hydrogens (tertiary/aromatic N) is 2. The van der Waals surface area contributed by atoms with Crippen molar-refractivity contribution in [3.8, 4) is 22.7 Å². The summed E-state index contributed by atoms with van der Waals surface area (Å²) in [7, 11) is 1.27. The Morgan fingerprint density at radius 3 is 2.66 bits per heavy atom. The standard InChI is InChI=1S/C26H19N3O6/c1-34-26(31)17-10-11-22-21(13-17)25(30)23(35-22)14-18-15-28(19-7-3-2-4-8-19)27-24(18)16-6-5-9-20(12-16)29(32)33/h2-15,29,32H,1H3/b23-14-. The molecule has 9 nitrogen and oxygen atoms in total. The summed E-state index contributed by atoms with van der Waals surface area (Å²) >= 11 is 0. The number of para-hydroxylation sites is 1.